The zero-order valence-electron chi connectivity index (χ0n) is 17.6. The van der Waals surface area contributed by atoms with Crippen molar-refractivity contribution in [1.82, 2.24) is 0 Å². The minimum Gasteiger partial charge on any atom is -0.0619 e. The molecule has 0 unspecified atom stereocenters. The Morgan fingerprint density at radius 3 is 1.18 bits per heavy atom. The van der Waals surface area contributed by atoms with Crippen LogP contribution in [-0.4, -0.2) is 0 Å². The summed E-state index contributed by atoms with van der Waals surface area (Å²) in [6, 6.07) is 40.3. The average Bonchev–Trinajstić information content (AvgIpc) is 3.10. The second-order valence-corrected chi connectivity index (χ2v) is 10.6. The highest BCUT2D eigenvalue weighted by Crippen LogP contribution is 2.61. The largest absolute Gasteiger partial charge is 0.0726 e. The van der Waals surface area contributed by atoms with Gasteiger partial charge in [0.25, 0.3) is 0 Å². The van der Waals surface area contributed by atoms with Gasteiger partial charge in [-0.3, -0.25) is 0 Å². The molecule has 0 radical (unpaired) electrons. The molecule has 0 saturated carbocycles. The first kappa shape index (κ1) is 19.5. The lowest BCUT2D eigenvalue weighted by Gasteiger charge is -2.35. The Morgan fingerprint density at radius 2 is 0.727 bits per heavy atom. The molecular formula is C31H18Br2. The molecule has 0 fully saturated rings. The molecule has 7 rings (SSSR count). The number of hydrogen-bond acceptors (Lipinski definition) is 0. The minimum atomic E-state index is -0.412. The molecule has 2 heteroatoms. The van der Waals surface area contributed by atoms with Crippen molar-refractivity contribution in [2.24, 2.45) is 0 Å². The van der Waals surface area contributed by atoms with Crippen molar-refractivity contribution >= 4 is 31.9 Å². The third kappa shape index (κ3) is 2.51. The molecular weight excluding hydrogens is 532 g/mol. The third-order valence-electron chi connectivity index (χ3n) is 7.23. The normalized spacial score (nSPS) is 14.0. The maximum absolute atomic E-state index is 3.81. The number of hydrogen-bond donors (Lipinski definition) is 0. The highest BCUT2D eigenvalue weighted by atomic mass is 79.9. The van der Waals surface area contributed by atoms with Crippen LogP contribution in [0.25, 0.3) is 33.4 Å². The molecule has 0 nitrogen and oxygen atoms in total. The van der Waals surface area contributed by atoms with Crippen LogP contribution in [0.15, 0.2) is 118 Å². The first-order valence-corrected chi connectivity index (χ1v) is 12.7. The molecule has 33 heavy (non-hydrogen) atoms. The summed E-state index contributed by atoms with van der Waals surface area (Å²) in [4.78, 5) is 0. The maximum Gasteiger partial charge on any atom is 0.0726 e. The molecule has 0 heterocycles. The van der Waals surface area contributed by atoms with Crippen molar-refractivity contribution in [3.63, 3.8) is 0 Å². The lowest BCUT2D eigenvalue weighted by Crippen LogP contribution is -2.29. The highest BCUT2D eigenvalue weighted by Gasteiger charge is 2.49. The van der Waals surface area contributed by atoms with Crippen molar-refractivity contribution in [2.45, 2.75) is 5.41 Å². The number of fused-ring (bicyclic) bond motifs is 12. The Hall–Kier alpha value is -2.94. The van der Waals surface area contributed by atoms with Crippen LogP contribution in [0.2, 0.25) is 0 Å². The first-order chi connectivity index (χ1) is 16.2. The molecule has 0 bridgehead atoms. The van der Waals surface area contributed by atoms with Crippen LogP contribution in [0.4, 0.5) is 0 Å². The fourth-order valence-corrected chi connectivity index (χ4v) is 6.76. The Morgan fingerprint density at radius 1 is 0.364 bits per heavy atom. The Bertz CT molecular complexity index is 1470. The zero-order valence-corrected chi connectivity index (χ0v) is 20.8. The summed E-state index contributed by atoms with van der Waals surface area (Å²) < 4.78 is 2.19. The van der Waals surface area contributed by atoms with Gasteiger partial charge in [0.15, 0.2) is 0 Å². The molecule has 0 aliphatic heterocycles. The molecule has 5 aromatic rings. The summed E-state index contributed by atoms with van der Waals surface area (Å²) in [6.07, 6.45) is 0. The van der Waals surface area contributed by atoms with E-state index in [9.17, 15) is 0 Å². The van der Waals surface area contributed by atoms with Crippen molar-refractivity contribution in [1.29, 1.82) is 0 Å². The van der Waals surface area contributed by atoms with Crippen molar-refractivity contribution in [3.8, 4) is 33.4 Å². The van der Waals surface area contributed by atoms with Gasteiger partial charge in [-0.15, -0.1) is 0 Å². The summed E-state index contributed by atoms with van der Waals surface area (Å²) in [5.41, 5.74) is 12.7. The predicted octanol–water partition coefficient (Wildman–Crippen LogP) is 9.22. The van der Waals surface area contributed by atoms with E-state index in [0.717, 1.165) is 8.95 Å². The molecule has 5 aromatic carbocycles. The van der Waals surface area contributed by atoms with Gasteiger partial charge >= 0.3 is 0 Å². The molecule has 2 aliphatic carbocycles. The summed E-state index contributed by atoms with van der Waals surface area (Å²) in [5, 5.41) is 0. The van der Waals surface area contributed by atoms with Crippen molar-refractivity contribution < 1.29 is 0 Å². The van der Waals surface area contributed by atoms with Gasteiger partial charge in [-0.05, 0) is 79.9 Å². The molecule has 0 atom stereocenters. The number of rotatable bonds is 0. The fourth-order valence-electron chi connectivity index (χ4n) is 6.04. The molecule has 156 valence electrons. The molecule has 2 aliphatic rings. The van der Waals surface area contributed by atoms with E-state index in [2.05, 4.69) is 141 Å². The van der Waals surface area contributed by atoms with E-state index in [4.69, 9.17) is 0 Å². The number of halogens is 2. The predicted molar refractivity (Wildman–Crippen MR) is 144 cm³/mol. The van der Waals surface area contributed by atoms with Gasteiger partial charge in [-0.1, -0.05) is 117 Å². The zero-order chi connectivity index (χ0) is 22.2. The van der Waals surface area contributed by atoms with Crippen molar-refractivity contribution in [2.75, 3.05) is 0 Å². The second kappa shape index (κ2) is 7.03. The van der Waals surface area contributed by atoms with Crippen LogP contribution in [0, 0.1) is 0 Å². The first-order valence-electron chi connectivity index (χ1n) is 11.1. The van der Waals surface area contributed by atoms with Crippen LogP contribution < -0.4 is 0 Å². The lowest BCUT2D eigenvalue weighted by atomic mass is 9.66. The SMILES string of the molecule is Brc1ccc2c(c1)C1(c3cc(Br)ccc3-c3ccccc3-2)c2ccccc2-c2ccccc21. The molecule has 0 saturated heterocycles. The quantitative estimate of drug-likeness (QED) is 0.177. The van der Waals surface area contributed by atoms with E-state index in [1.165, 1.54) is 55.6 Å². The summed E-state index contributed by atoms with van der Waals surface area (Å²) >= 11 is 7.62. The fraction of sp³-hybridized carbons (Fsp3) is 0.0323. The standard InChI is InChI=1S/C31H18Br2/c32-19-13-15-25-21-7-1-2-8-22(21)26-16-14-20(33)18-30(26)31(29(25)17-19)27-11-5-3-9-23(27)24-10-4-6-12-28(24)31/h1-18H. The van der Waals surface area contributed by atoms with Gasteiger partial charge in [0.2, 0.25) is 0 Å². The lowest BCUT2D eigenvalue weighted by molar-refractivity contribution is 0.774. The molecule has 0 N–H and O–H groups in total. The van der Waals surface area contributed by atoms with E-state index in [0.29, 0.717) is 0 Å². The van der Waals surface area contributed by atoms with Crippen LogP contribution in [-0.2, 0) is 5.41 Å². The second-order valence-electron chi connectivity index (χ2n) is 8.77. The molecule has 0 aromatic heterocycles. The van der Waals surface area contributed by atoms with Gasteiger partial charge in [0, 0.05) is 8.95 Å². The topological polar surface area (TPSA) is 0 Å². The summed E-state index contributed by atoms with van der Waals surface area (Å²) in [6.45, 7) is 0. The van der Waals surface area contributed by atoms with Gasteiger partial charge in [0.05, 0.1) is 5.41 Å². The molecule has 0 amide bonds. The Labute approximate surface area is 210 Å². The Balaban J connectivity index is 1.79. The van der Waals surface area contributed by atoms with Crippen molar-refractivity contribution in [3.05, 3.63) is 140 Å². The van der Waals surface area contributed by atoms with E-state index >= 15 is 0 Å². The average molecular weight is 550 g/mol. The van der Waals surface area contributed by atoms with Crippen LogP contribution in [0.5, 0.6) is 0 Å². The van der Waals surface area contributed by atoms with Gasteiger partial charge in [0.1, 0.15) is 0 Å². The molecule has 1 spiro atoms. The van der Waals surface area contributed by atoms with Gasteiger partial charge in [-0.2, -0.15) is 0 Å². The summed E-state index contributed by atoms with van der Waals surface area (Å²) in [7, 11) is 0. The third-order valence-corrected chi connectivity index (χ3v) is 8.22. The monoisotopic (exact) mass is 548 g/mol. The summed E-state index contributed by atoms with van der Waals surface area (Å²) in [5.74, 6) is 0. The smallest absolute Gasteiger partial charge is 0.0619 e. The minimum absolute atomic E-state index is 0.412. The van der Waals surface area contributed by atoms with Crippen LogP contribution in [0.3, 0.4) is 0 Å². The van der Waals surface area contributed by atoms with Crippen LogP contribution >= 0.6 is 31.9 Å². The van der Waals surface area contributed by atoms with Gasteiger partial charge in [-0.25, -0.2) is 0 Å². The van der Waals surface area contributed by atoms with E-state index < -0.39 is 5.41 Å². The van der Waals surface area contributed by atoms with Crippen LogP contribution in [0.1, 0.15) is 22.3 Å². The van der Waals surface area contributed by atoms with E-state index in [1.54, 1.807) is 0 Å². The Kier molecular flexibility index (Phi) is 4.16. The maximum atomic E-state index is 3.81. The van der Waals surface area contributed by atoms with E-state index in [1.807, 2.05) is 0 Å². The van der Waals surface area contributed by atoms with E-state index in [-0.39, 0.29) is 0 Å². The number of benzene rings is 5. The highest BCUT2D eigenvalue weighted by molar-refractivity contribution is 9.10. The van der Waals surface area contributed by atoms with Gasteiger partial charge < -0.3 is 0 Å².